The molecule has 6 nitrogen and oxygen atoms in total. The number of nitrogens with zero attached hydrogens (tertiary/aromatic N) is 1. The number of rotatable bonds is 6. The maximum atomic E-state index is 12.2. The van der Waals surface area contributed by atoms with Crippen molar-refractivity contribution < 1.29 is 13.2 Å². The van der Waals surface area contributed by atoms with E-state index in [2.05, 4.69) is 10.0 Å². The molecule has 1 aliphatic rings. The summed E-state index contributed by atoms with van der Waals surface area (Å²) in [5.41, 5.74) is 0.603. The molecule has 0 saturated carbocycles. The summed E-state index contributed by atoms with van der Waals surface area (Å²) in [4.78, 5) is 14.1. The highest BCUT2D eigenvalue weighted by molar-refractivity contribution is 7.89. The highest BCUT2D eigenvalue weighted by Crippen LogP contribution is 2.16. The Labute approximate surface area is 144 Å². The molecule has 0 spiro atoms. The Bertz CT molecular complexity index is 636. The standard InChI is InChI=1S/C17H27N3O3S/c1-14(2)10-11-18-24(22,23)16-8-6-15(7-9-16)19-17(21)20-12-4-3-5-13-20/h6-9,14,18H,3-5,10-13H2,1-2H3,(H,19,21). The van der Waals surface area contributed by atoms with Crippen LogP contribution in [0.1, 0.15) is 39.5 Å². The summed E-state index contributed by atoms with van der Waals surface area (Å²) in [6.45, 7) is 6.08. The number of piperidine rings is 1. The van der Waals surface area contributed by atoms with Crippen LogP contribution in [-0.4, -0.2) is 39.0 Å². The number of sulfonamides is 1. The van der Waals surface area contributed by atoms with E-state index in [-0.39, 0.29) is 10.9 Å². The number of benzene rings is 1. The zero-order valence-electron chi connectivity index (χ0n) is 14.4. The van der Waals surface area contributed by atoms with E-state index in [1.165, 1.54) is 18.6 Å². The van der Waals surface area contributed by atoms with Crippen molar-refractivity contribution in [3.8, 4) is 0 Å². The summed E-state index contributed by atoms with van der Waals surface area (Å²) in [7, 11) is -3.49. The predicted octanol–water partition coefficient (Wildman–Crippen LogP) is 3.03. The summed E-state index contributed by atoms with van der Waals surface area (Å²) in [5.74, 6) is 0.445. The van der Waals surface area contributed by atoms with Crippen LogP contribution in [0, 0.1) is 5.92 Å². The van der Waals surface area contributed by atoms with Crippen LogP contribution in [-0.2, 0) is 10.0 Å². The Hall–Kier alpha value is -1.60. The first kappa shape index (κ1) is 18.7. The molecule has 0 unspecified atom stereocenters. The maximum absolute atomic E-state index is 12.2. The molecule has 0 aromatic heterocycles. The zero-order valence-corrected chi connectivity index (χ0v) is 15.2. The van der Waals surface area contributed by atoms with Gasteiger partial charge in [0, 0.05) is 25.3 Å². The molecule has 0 radical (unpaired) electrons. The number of hydrogen-bond acceptors (Lipinski definition) is 3. The van der Waals surface area contributed by atoms with Gasteiger partial charge in [-0.1, -0.05) is 13.8 Å². The highest BCUT2D eigenvalue weighted by atomic mass is 32.2. The highest BCUT2D eigenvalue weighted by Gasteiger charge is 2.17. The zero-order chi connectivity index (χ0) is 17.6. The van der Waals surface area contributed by atoms with Gasteiger partial charge in [0.1, 0.15) is 0 Å². The molecule has 7 heteroatoms. The second kappa shape index (κ2) is 8.48. The minimum atomic E-state index is -3.49. The van der Waals surface area contributed by atoms with Gasteiger partial charge in [0.15, 0.2) is 0 Å². The van der Waals surface area contributed by atoms with Crippen molar-refractivity contribution in [2.45, 2.75) is 44.4 Å². The summed E-state index contributed by atoms with van der Waals surface area (Å²) in [6, 6.07) is 6.16. The van der Waals surface area contributed by atoms with Gasteiger partial charge in [0.25, 0.3) is 0 Å². The lowest BCUT2D eigenvalue weighted by Gasteiger charge is -2.26. The SMILES string of the molecule is CC(C)CCNS(=O)(=O)c1ccc(NC(=O)N2CCCCC2)cc1. The molecule has 2 amide bonds. The Balaban J connectivity index is 1.93. The Kier molecular flexibility index (Phi) is 6.62. The average Bonchev–Trinajstić information content (AvgIpc) is 2.55. The Morgan fingerprint density at radius 3 is 2.33 bits per heavy atom. The van der Waals surface area contributed by atoms with Gasteiger partial charge in [-0.3, -0.25) is 0 Å². The van der Waals surface area contributed by atoms with E-state index >= 15 is 0 Å². The van der Waals surface area contributed by atoms with Gasteiger partial charge in [-0.25, -0.2) is 17.9 Å². The van der Waals surface area contributed by atoms with Crippen molar-refractivity contribution in [1.29, 1.82) is 0 Å². The normalized spacial score (nSPS) is 15.5. The van der Waals surface area contributed by atoms with E-state index < -0.39 is 10.0 Å². The Morgan fingerprint density at radius 1 is 1.12 bits per heavy atom. The summed E-state index contributed by atoms with van der Waals surface area (Å²) < 4.78 is 27.0. The largest absolute Gasteiger partial charge is 0.325 e. The number of hydrogen-bond donors (Lipinski definition) is 2. The molecule has 0 aliphatic carbocycles. The third-order valence-corrected chi connectivity index (χ3v) is 5.55. The van der Waals surface area contributed by atoms with Gasteiger partial charge in [-0.15, -0.1) is 0 Å². The van der Waals surface area contributed by atoms with E-state index in [1.54, 1.807) is 17.0 Å². The molecular formula is C17H27N3O3S. The topological polar surface area (TPSA) is 78.5 Å². The first-order valence-electron chi connectivity index (χ1n) is 8.54. The lowest BCUT2D eigenvalue weighted by molar-refractivity contribution is 0.200. The van der Waals surface area contributed by atoms with Gasteiger partial charge in [-0.05, 0) is 55.9 Å². The summed E-state index contributed by atoms with van der Waals surface area (Å²) >= 11 is 0. The molecule has 0 atom stereocenters. The number of carbonyl (C=O) groups excluding carboxylic acids is 1. The molecule has 0 bridgehead atoms. The van der Waals surface area contributed by atoms with Crippen LogP contribution in [0.25, 0.3) is 0 Å². The molecular weight excluding hydrogens is 326 g/mol. The van der Waals surface area contributed by atoms with Crippen molar-refractivity contribution in [3.05, 3.63) is 24.3 Å². The van der Waals surface area contributed by atoms with E-state index in [9.17, 15) is 13.2 Å². The van der Waals surface area contributed by atoms with Gasteiger partial charge < -0.3 is 10.2 Å². The third kappa shape index (κ3) is 5.49. The van der Waals surface area contributed by atoms with Crippen molar-refractivity contribution in [2.24, 2.45) is 5.92 Å². The second-order valence-electron chi connectivity index (χ2n) is 6.58. The molecule has 1 heterocycles. The molecule has 1 aromatic carbocycles. The fourth-order valence-corrected chi connectivity index (χ4v) is 3.63. The number of anilines is 1. The predicted molar refractivity (Wildman–Crippen MR) is 95.5 cm³/mol. The first-order valence-corrected chi connectivity index (χ1v) is 10.0. The van der Waals surface area contributed by atoms with Crippen molar-refractivity contribution in [2.75, 3.05) is 25.0 Å². The van der Waals surface area contributed by atoms with Crippen LogP contribution >= 0.6 is 0 Å². The van der Waals surface area contributed by atoms with Crippen molar-refractivity contribution in [3.63, 3.8) is 0 Å². The van der Waals surface area contributed by atoms with E-state index in [1.807, 2.05) is 13.8 Å². The minimum Gasteiger partial charge on any atom is -0.325 e. The lowest BCUT2D eigenvalue weighted by Crippen LogP contribution is -2.38. The lowest BCUT2D eigenvalue weighted by atomic mass is 10.1. The van der Waals surface area contributed by atoms with E-state index in [4.69, 9.17) is 0 Å². The van der Waals surface area contributed by atoms with Crippen LogP contribution in [0.15, 0.2) is 29.2 Å². The average molecular weight is 353 g/mol. The molecule has 1 aliphatic heterocycles. The fraction of sp³-hybridized carbons (Fsp3) is 0.588. The summed E-state index contributed by atoms with van der Waals surface area (Å²) in [5, 5.41) is 2.82. The van der Waals surface area contributed by atoms with Crippen LogP contribution in [0.2, 0.25) is 0 Å². The van der Waals surface area contributed by atoms with Crippen molar-refractivity contribution in [1.82, 2.24) is 9.62 Å². The van der Waals surface area contributed by atoms with Gasteiger partial charge in [-0.2, -0.15) is 0 Å². The second-order valence-corrected chi connectivity index (χ2v) is 8.35. The number of likely N-dealkylation sites (tertiary alicyclic amines) is 1. The van der Waals surface area contributed by atoms with Gasteiger partial charge >= 0.3 is 6.03 Å². The minimum absolute atomic E-state index is 0.125. The molecule has 24 heavy (non-hydrogen) atoms. The quantitative estimate of drug-likeness (QED) is 0.825. The molecule has 2 N–H and O–H groups in total. The van der Waals surface area contributed by atoms with Crippen LogP contribution in [0.4, 0.5) is 10.5 Å². The fourth-order valence-electron chi connectivity index (χ4n) is 2.58. The number of nitrogens with one attached hydrogen (secondary N) is 2. The monoisotopic (exact) mass is 353 g/mol. The summed E-state index contributed by atoms with van der Waals surface area (Å²) in [6.07, 6.45) is 4.03. The van der Waals surface area contributed by atoms with Gasteiger partial charge in [0.05, 0.1) is 4.90 Å². The smallest absolute Gasteiger partial charge is 0.321 e. The first-order chi connectivity index (χ1) is 11.4. The number of urea groups is 1. The van der Waals surface area contributed by atoms with Crippen LogP contribution in [0.5, 0.6) is 0 Å². The molecule has 2 rings (SSSR count). The van der Waals surface area contributed by atoms with E-state index in [0.717, 1.165) is 32.4 Å². The maximum Gasteiger partial charge on any atom is 0.321 e. The van der Waals surface area contributed by atoms with Crippen molar-refractivity contribution >= 4 is 21.7 Å². The number of amides is 2. The third-order valence-electron chi connectivity index (χ3n) is 4.07. The molecule has 134 valence electrons. The van der Waals surface area contributed by atoms with Crippen LogP contribution in [0.3, 0.4) is 0 Å². The van der Waals surface area contributed by atoms with E-state index in [0.29, 0.717) is 18.2 Å². The van der Waals surface area contributed by atoms with Gasteiger partial charge in [0.2, 0.25) is 10.0 Å². The molecule has 1 fully saturated rings. The molecule has 1 saturated heterocycles. The molecule has 1 aromatic rings. The Morgan fingerprint density at radius 2 is 1.75 bits per heavy atom. The van der Waals surface area contributed by atoms with Crippen LogP contribution < -0.4 is 10.0 Å². The number of carbonyl (C=O) groups is 1.